The van der Waals surface area contributed by atoms with Gasteiger partial charge in [-0.05, 0) is 39.3 Å². The number of nitrogens with one attached hydrogen (secondary N) is 1. The number of piperidine rings is 1. The third-order valence-corrected chi connectivity index (χ3v) is 5.07. The fourth-order valence-electron chi connectivity index (χ4n) is 2.72. The van der Waals surface area contributed by atoms with Crippen LogP contribution in [0.5, 0.6) is 0 Å². The molecule has 0 aromatic carbocycles. The molecular formula is C14H26N4OS. The first-order chi connectivity index (χ1) is 9.72. The summed E-state index contributed by atoms with van der Waals surface area (Å²) in [6.45, 7) is 4.13. The van der Waals surface area contributed by atoms with Crippen LogP contribution in [0, 0.1) is 0 Å². The lowest BCUT2D eigenvalue weighted by molar-refractivity contribution is 0.182. The molecular weight excluding hydrogens is 272 g/mol. The van der Waals surface area contributed by atoms with Gasteiger partial charge < -0.3 is 4.90 Å². The second-order valence-electron chi connectivity index (χ2n) is 5.58. The van der Waals surface area contributed by atoms with Crippen molar-refractivity contribution in [3.8, 4) is 0 Å². The van der Waals surface area contributed by atoms with Crippen LogP contribution in [-0.4, -0.2) is 45.1 Å². The van der Waals surface area contributed by atoms with Crippen LogP contribution in [0.4, 0.5) is 0 Å². The third-order valence-electron chi connectivity index (χ3n) is 4.06. The van der Waals surface area contributed by atoms with Crippen LogP contribution in [-0.2, 0) is 6.54 Å². The maximum Gasteiger partial charge on any atom is 0.343 e. The van der Waals surface area contributed by atoms with E-state index in [0.29, 0.717) is 6.04 Å². The Morgan fingerprint density at radius 2 is 2.30 bits per heavy atom. The molecule has 1 aromatic heterocycles. The standard InChI is InChI=1S/C14H26N4OS/c1-3-4-10-18-13(19)15-16-14(18)20-11-8-12-7-5-6-9-17(12)2/h12H,3-11H2,1-2H3,(H,15,19). The van der Waals surface area contributed by atoms with Crippen LogP contribution in [0.25, 0.3) is 0 Å². The van der Waals surface area contributed by atoms with Crippen LogP contribution in [0.1, 0.15) is 45.4 Å². The number of unbranched alkanes of at least 4 members (excludes halogenated alkanes) is 1. The van der Waals surface area contributed by atoms with Gasteiger partial charge in [0.25, 0.3) is 0 Å². The van der Waals surface area contributed by atoms with Gasteiger partial charge in [0.1, 0.15) is 0 Å². The number of hydrogen-bond acceptors (Lipinski definition) is 4. The van der Waals surface area contributed by atoms with Crippen LogP contribution in [0.15, 0.2) is 9.95 Å². The minimum Gasteiger partial charge on any atom is -0.303 e. The Balaban J connectivity index is 1.83. The SMILES string of the molecule is CCCCn1c(SCCC2CCCCN2C)n[nH]c1=O. The molecule has 1 saturated heterocycles. The van der Waals surface area contributed by atoms with Crippen LogP contribution in [0.2, 0.25) is 0 Å². The molecule has 20 heavy (non-hydrogen) atoms. The van der Waals surface area contributed by atoms with E-state index in [1.54, 1.807) is 16.3 Å². The highest BCUT2D eigenvalue weighted by Gasteiger charge is 2.18. The second-order valence-corrected chi connectivity index (χ2v) is 6.65. The molecule has 1 N–H and O–H groups in total. The molecule has 1 atom stereocenters. The summed E-state index contributed by atoms with van der Waals surface area (Å²) in [7, 11) is 2.22. The summed E-state index contributed by atoms with van der Waals surface area (Å²) in [5.41, 5.74) is -0.0734. The fraction of sp³-hybridized carbons (Fsp3) is 0.857. The monoisotopic (exact) mass is 298 g/mol. The minimum atomic E-state index is -0.0734. The molecule has 1 aliphatic heterocycles. The van der Waals surface area contributed by atoms with Gasteiger partial charge in [-0.3, -0.25) is 4.57 Å². The van der Waals surface area contributed by atoms with E-state index < -0.39 is 0 Å². The summed E-state index contributed by atoms with van der Waals surface area (Å²) in [5.74, 6) is 1.03. The predicted octanol–water partition coefficient (Wildman–Crippen LogP) is 2.34. The number of H-pyrrole nitrogens is 1. The Bertz CT molecular complexity index is 456. The van der Waals surface area contributed by atoms with Gasteiger partial charge in [-0.15, -0.1) is 5.10 Å². The van der Waals surface area contributed by atoms with Gasteiger partial charge in [-0.2, -0.15) is 0 Å². The van der Waals surface area contributed by atoms with Crippen molar-refractivity contribution in [1.29, 1.82) is 0 Å². The van der Waals surface area contributed by atoms with Crippen molar-refractivity contribution >= 4 is 11.8 Å². The highest BCUT2D eigenvalue weighted by Crippen LogP contribution is 2.22. The molecule has 0 radical (unpaired) electrons. The number of nitrogens with zero attached hydrogens (tertiary/aromatic N) is 3. The van der Waals surface area contributed by atoms with Gasteiger partial charge in [0.15, 0.2) is 5.16 Å². The zero-order valence-electron chi connectivity index (χ0n) is 12.6. The van der Waals surface area contributed by atoms with Crippen LogP contribution >= 0.6 is 11.8 Å². The van der Waals surface area contributed by atoms with Crippen LogP contribution < -0.4 is 5.69 Å². The Labute approximate surface area is 125 Å². The molecule has 114 valence electrons. The van der Waals surface area contributed by atoms with Crippen molar-refractivity contribution < 1.29 is 0 Å². The topological polar surface area (TPSA) is 53.9 Å². The van der Waals surface area contributed by atoms with E-state index in [0.717, 1.165) is 30.3 Å². The Morgan fingerprint density at radius 1 is 1.45 bits per heavy atom. The molecule has 6 heteroatoms. The third kappa shape index (κ3) is 4.12. The number of rotatable bonds is 7. The van der Waals surface area contributed by atoms with E-state index >= 15 is 0 Å². The Morgan fingerprint density at radius 3 is 3.05 bits per heavy atom. The lowest BCUT2D eigenvalue weighted by atomic mass is 10.0. The van der Waals surface area contributed by atoms with E-state index in [1.807, 2.05) is 0 Å². The first-order valence-electron chi connectivity index (χ1n) is 7.70. The van der Waals surface area contributed by atoms with E-state index in [2.05, 4.69) is 29.1 Å². The number of thioether (sulfide) groups is 1. The lowest BCUT2D eigenvalue weighted by Gasteiger charge is -2.32. The van der Waals surface area contributed by atoms with Crippen molar-refractivity contribution in [2.24, 2.45) is 0 Å². The van der Waals surface area contributed by atoms with Gasteiger partial charge in [0, 0.05) is 18.3 Å². The molecule has 2 heterocycles. The molecule has 1 aliphatic rings. The Kier molecular flexibility index (Phi) is 6.16. The molecule has 0 bridgehead atoms. The van der Waals surface area contributed by atoms with Crippen LogP contribution in [0.3, 0.4) is 0 Å². The molecule has 2 rings (SSSR count). The van der Waals surface area contributed by atoms with Gasteiger partial charge in [-0.1, -0.05) is 31.5 Å². The van der Waals surface area contributed by atoms with Crippen molar-refractivity contribution in [3.63, 3.8) is 0 Å². The summed E-state index contributed by atoms with van der Waals surface area (Å²) in [5, 5.41) is 7.56. The van der Waals surface area contributed by atoms with E-state index in [-0.39, 0.29) is 5.69 Å². The number of aromatic nitrogens is 3. The smallest absolute Gasteiger partial charge is 0.303 e. The van der Waals surface area contributed by atoms with Crippen molar-refractivity contribution in [2.45, 2.75) is 63.2 Å². The number of aromatic amines is 1. The van der Waals surface area contributed by atoms with Gasteiger partial charge in [-0.25, -0.2) is 9.89 Å². The molecule has 0 aliphatic carbocycles. The maximum atomic E-state index is 11.7. The van der Waals surface area contributed by atoms with Gasteiger partial charge in [0.05, 0.1) is 0 Å². The molecule has 1 unspecified atom stereocenters. The minimum absolute atomic E-state index is 0.0734. The molecule has 0 amide bonds. The summed E-state index contributed by atoms with van der Waals surface area (Å²) in [4.78, 5) is 14.2. The number of likely N-dealkylation sites (tertiary alicyclic amines) is 1. The van der Waals surface area contributed by atoms with Crippen molar-refractivity contribution in [2.75, 3.05) is 19.3 Å². The Hall–Kier alpha value is -0.750. The summed E-state index contributed by atoms with van der Waals surface area (Å²) >= 11 is 1.71. The average molecular weight is 298 g/mol. The summed E-state index contributed by atoms with van der Waals surface area (Å²) in [6.07, 6.45) is 7.28. The number of hydrogen-bond donors (Lipinski definition) is 1. The quantitative estimate of drug-likeness (QED) is 0.785. The lowest BCUT2D eigenvalue weighted by Crippen LogP contribution is -2.36. The molecule has 1 aromatic rings. The fourth-order valence-corrected chi connectivity index (χ4v) is 3.73. The van der Waals surface area contributed by atoms with E-state index in [4.69, 9.17) is 0 Å². The first kappa shape index (κ1) is 15.6. The first-order valence-corrected chi connectivity index (χ1v) is 8.69. The zero-order chi connectivity index (χ0) is 14.4. The summed E-state index contributed by atoms with van der Waals surface area (Å²) < 4.78 is 1.78. The van der Waals surface area contributed by atoms with E-state index in [9.17, 15) is 4.79 Å². The zero-order valence-corrected chi connectivity index (χ0v) is 13.4. The average Bonchev–Trinajstić information content (AvgIpc) is 2.79. The largest absolute Gasteiger partial charge is 0.343 e. The van der Waals surface area contributed by atoms with Crippen molar-refractivity contribution in [1.82, 2.24) is 19.7 Å². The maximum absolute atomic E-state index is 11.7. The summed E-state index contributed by atoms with van der Waals surface area (Å²) in [6, 6.07) is 0.700. The second kappa shape index (κ2) is 7.88. The molecule has 5 nitrogen and oxygen atoms in total. The van der Waals surface area contributed by atoms with Gasteiger partial charge >= 0.3 is 5.69 Å². The predicted molar refractivity (Wildman–Crippen MR) is 83.4 cm³/mol. The van der Waals surface area contributed by atoms with E-state index in [1.165, 1.54) is 32.2 Å². The molecule has 0 saturated carbocycles. The highest BCUT2D eigenvalue weighted by molar-refractivity contribution is 7.99. The highest BCUT2D eigenvalue weighted by atomic mass is 32.2. The normalized spacial score (nSPS) is 20.4. The molecule has 1 fully saturated rings. The van der Waals surface area contributed by atoms with Gasteiger partial charge in [0.2, 0.25) is 0 Å². The molecule has 0 spiro atoms. The van der Waals surface area contributed by atoms with Crippen molar-refractivity contribution in [3.05, 3.63) is 10.5 Å².